The lowest BCUT2D eigenvalue weighted by atomic mass is 9.98. The molecule has 19 heavy (non-hydrogen) atoms. The standard InChI is InChI=1S/C12H24N2O4S/c1-4-19(16,17)14-7-5-6-11(8-14)12(15)13-10(2)9-18-3/h10-11H,4-9H2,1-3H3,(H,13,15)/t10-,11+/m1/s1. The van der Waals surface area contributed by atoms with Crippen LogP contribution in [0.2, 0.25) is 0 Å². The molecule has 0 saturated carbocycles. The number of amides is 1. The van der Waals surface area contributed by atoms with Gasteiger partial charge in [0.25, 0.3) is 0 Å². The molecule has 1 aliphatic rings. The van der Waals surface area contributed by atoms with Gasteiger partial charge in [0.05, 0.1) is 18.3 Å². The number of rotatable bonds is 6. The van der Waals surface area contributed by atoms with Crippen molar-refractivity contribution < 1.29 is 17.9 Å². The van der Waals surface area contributed by atoms with E-state index < -0.39 is 10.0 Å². The molecule has 6 nitrogen and oxygen atoms in total. The SMILES string of the molecule is CCS(=O)(=O)N1CCC[C@H](C(=O)N[C@H](C)COC)C1. The van der Waals surface area contributed by atoms with Crippen molar-refractivity contribution in [3.63, 3.8) is 0 Å². The van der Waals surface area contributed by atoms with Gasteiger partial charge < -0.3 is 10.1 Å². The first-order chi connectivity index (χ1) is 8.90. The second-order valence-corrected chi connectivity index (χ2v) is 7.22. The van der Waals surface area contributed by atoms with Gasteiger partial charge >= 0.3 is 0 Å². The number of nitrogens with one attached hydrogen (secondary N) is 1. The van der Waals surface area contributed by atoms with Crippen molar-refractivity contribution in [3.8, 4) is 0 Å². The molecule has 0 bridgehead atoms. The highest BCUT2D eigenvalue weighted by atomic mass is 32.2. The van der Waals surface area contributed by atoms with Crippen LogP contribution in [-0.2, 0) is 19.6 Å². The zero-order valence-corrected chi connectivity index (χ0v) is 12.7. The first-order valence-corrected chi connectivity index (χ1v) is 8.28. The monoisotopic (exact) mass is 292 g/mol. The molecule has 1 amide bonds. The Kier molecular flexibility index (Phi) is 6.22. The summed E-state index contributed by atoms with van der Waals surface area (Å²) < 4.78 is 30.0. The summed E-state index contributed by atoms with van der Waals surface area (Å²) in [4.78, 5) is 12.1. The minimum atomic E-state index is -3.20. The fourth-order valence-electron chi connectivity index (χ4n) is 2.24. The summed E-state index contributed by atoms with van der Waals surface area (Å²) in [7, 11) is -1.62. The largest absolute Gasteiger partial charge is 0.383 e. The lowest BCUT2D eigenvalue weighted by Crippen LogP contribution is -2.48. The second-order valence-electron chi connectivity index (χ2n) is 4.96. The van der Waals surface area contributed by atoms with Crippen LogP contribution in [0.1, 0.15) is 26.7 Å². The number of ether oxygens (including phenoxy) is 1. The van der Waals surface area contributed by atoms with E-state index in [2.05, 4.69) is 5.32 Å². The Hall–Kier alpha value is -0.660. The molecule has 0 unspecified atom stereocenters. The third-order valence-corrected chi connectivity index (χ3v) is 5.17. The molecule has 0 aromatic carbocycles. The van der Waals surface area contributed by atoms with Crippen LogP contribution >= 0.6 is 0 Å². The van der Waals surface area contributed by atoms with Crippen molar-refractivity contribution in [1.29, 1.82) is 0 Å². The molecule has 1 N–H and O–H groups in total. The smallest absolute Gasteiger partial charge is 0.224 e. The van der Waals surface area contributed by atoms with Crippen LogP contribution in [0.25, 0.3) is 0 Å². The van der Waals surface area contributed by atoms with Gasteiger partial charge in [0.2, 0.25) is 15.9 Å². The first kappa shape index (κ1) is 16.4. The molecule has 1 heterocycles. The summed E-state index contributed by atoms with van der Waals surface area (Å²) in [6, 6.07) is -0.0596. The van der Waals surface area contributed by atoms with E-state index in [9.17, 15) is 13.2 Å². The third-order valence-electron chi connectivity index (χ3n) is 3.32. The van der Waals surface area contributed by atoms with Gasteiger partial charge in [0.15, 0.2) is 0 Å². The molecule has 0 radical (unpaired) electrons. The fraction of sp³-hybridized carbons (Fsp3) is 0.917. The molecule has 0 spiro atoms. The normalized spacial score (nSPS) is 23.0. The first-order valence-electron chi connectivity index (χ1n) is 6.67. The van der Waals surface area contributed by atoms with Gasteiger partial charge in [-0.25, -0.2) is 12.7 Å². The average molecular weight is 292 g/mol. The maximum Gasteiger partial charge on any atom is 0.224 e. The fourth-order valence-corrected chi connectivity index (χ4v) is 3.42. The molecule has 0 aromatic heterocycles. The Balaban J connectivity index is 2.57. The van der Waals surface area contributed by atoms with Crippen molar-refractivity contribution in [1.82, 2.24) is 9.62 Å². The third kappa shape index (κ3) is 4.74. The van der Waals surface area contributed by atoms with Crippen LogP contribution in [0, 0.1) is 5.92 Å². The van der Waals surface area contributed by atoms with Crippen molar-refractivity contribution >= 4 is 15.9 Å². The maximum absolute atomic E-state index is 12.1. The second kappa shape index (κ2) is 7.21. The number of carbonyl (C=O) groups is 1. The predicted molar refractivity (Wildman–Crippen MR) is 73.2 cm³/mol. The van der Waals surface area contributed by atoms with E-state index in [4.69, 9.17) is 4.74 Å². The van der Waals surface area contributed by atoms with E-state index in [1.165, 1.54) is 4.31 Å². The number of hydrogen-bond acceptors (Lipinski definition) is 4. The molecule has 2 atom stereocenters. The highest BCUT2D eigenvalue weighted by Crippen LogP contribution is 2.19. The summed E-state index contributed by atoms with van der Waals surface area (Å²) >= 11 is 0. The van der Waals surface area contributed by atoms with Crippen molar-refractivity contribution in [2.45, 2.75) is 32.7 Å². The lowest BCUT2D eigenvalue weighted by molar-refractivity contribution is -0.127. The van der Waals surface area contributed by atoms with Crippen LogP contribution in [0.15, 0.2) is 0 Å². The lowest BCUT2D eigenvalue weighted by Gasteiger charge is -2.31. The topological polar surface area (TPSA) is 75.7 Å². The van der Waals surface area contributed by atoms with E-state index in [0.717, 1.165) is 12.8 Å². The zero-order chi connectivity index (χ0) is 14.5. The van der Waals surface area contributed by atoms with E-state index in [1.54, 1.807) is 14.0 Å². The molecular formula is C12H24N2O4S. The van der Waals surface area contributed by atoms with Crippen LogP contribution in [0.4, 0.5) is 0 Å². The summed E-state index contributed by atoms with van der Waals surface area (Å²) in [5.74, 6) is -0.253. The molecule has 1 rings (SSSR count). The molecule has 112 valence electrons. The van der Waals surface area contributed by atoms with Crippen molar-refractivity contribution in [2.24, 2.45) is 5.92 Å². The molecule has 1 aliphatic heterocycles. The quantitative estimate of drug-likeness (QED) is 0.759. The predicted octanol–water partition coefficient (Wildman–Crippen LogP) is 0.199. The Morgan fingerprint density at radius 3 is 2.79 bits per heavy atom. The highest BCUT2D eigenvalue weighted by Gasteiger charge is 2.31. The number of nitrogens with zero attached hydrogens (tertiary/aromatic N) is 1. The Morgan fingerprint density at radius 2 is 2.21 bits per heavy atom. The number of hydrogen-bond donors (Lipinski definition) is 1. The molecule has 0 aliphatic carbocycles. The van der Waals surface area contributed by atoms with Crippen LogP contribution < -0.4 is 5.32 Å². The van der Waals surface area contributed by atoms with Gasteiger partial charge in [0.1, 0.15) is 0 Å². The van der Waals surface area contributed by atoms with Gasteiger partial charge in [-0.15, -0.1) is 0 Å². The van der Waals surface area contributed by atoms with Crippen LogP contribution in [0.3, 0.4) is 0 Å². The number of piperidine rings is 1. The van der Waals surface area contributed by atoms with Gasteiger partial charge in [0, 0.05) is 26.2 Å². The average Bonchev–Trinajstić information content (AvgIpc) is 2.39. The van der Waals surface area contributed by atoms with Gasteiger partial charge in [-0.2, -0.15) is 0 Å². The molecule has 0 aromatic rings. The highest BCUT2D eigenvalue weighted by molar-refractivity contribution is 7.89. The Labute approximate surface area is 115 Å². The van der Waals surface area contributed by atoms with Crippen LogP contribution in [0.5, 0.6) is 0 Å². The van der Waals surface area contributed by atoms with E-state index >= 15 is 0 Å². The minimum Gasteiger partial charge on any atom is -0.383 e. The summed E-state index contributed by atoms with van der Waals surface area (Å²) in [6.45, 7) is 4.76. The number of sulfonamides is 1. The summed E-state index contributed by atoms with van der Waals surface area (Å²) in [6.07, 6.45) is 1.47. The maximum atomic E-state index is 12.1. The number of carbonyl (C=O) groups excluding carboxylic acids is 1. The molecular weight excluding hydrogens is 268 g/mol. The molecule has 7 heteroatoms. The Morgan fingerprint density at radius 1 is 1.53 bits per heavy atom. The van der Waals surface area contributed by atoms with E-state index in [-0.39, 0.29) is 23.6 Å². The van der Waals surface area contributed by atoms with Gasteiger partial charge in [-0.05, 0) is 26.7 Å². The number of methoxy groups -OCH3 is 1. The van der Waals surface area contributed by atoms with Gasteiger partial charge in [-0.3, -0.25) is 4.79 Å². The van der Waals surface area contributed by atoms with E-state index in [0.29, 0.717) is 19.7 Å². The summed E-state index contributed by atoms with van der Waals surface area (Å²) in [5, 5.41) is 2.86. The molecule has 1 fully saturated rings. The minimum absolute atomic E-state index is 0.0596. The molecule has 1 saturated heterocycles. The Bertz CT molecular complexity index is 397. The zero-order valence-electron chi connectivity index (χ0n) is 11.9. The van der Waals surface area contributed by atoms with Crippen molar-refractivity contribution in [3.05, 3.63) is 0 Å². The van der Waals surface area contributed by atoms with Crippen molar-refractivity contribution in [2.75, 3.05) is 32.6 Å². The van der Waals surface area contributed by atoms with Gasteiger partial charge in [-0.1, -0.05) is 0 Å². The van der Waals surface area contributed by atoms with E-state index in [1.807, 2.05) is 6.92 Å². The van der Waals surface area contributed by atoms with Crippen LogP contribution in [-0.4, -0.2) is 57.2 Å². The summed E-state index contributed by atoms with van der Waals surface area (Å²) in [5.41, 5.74) is 0.